The first-order valence-corrected chi connectivity index (χ1v) is 9.96. The molecule has 0 saturated heterocycles. The number of nitrogens with one attached hydrogen (secondary N) is 1. The highest BCUT2D eigenvalue weighted by molar-refractivity contribution is 7.92. The summed E-state index contributed by atoms with van der Waals surface area (Å²) in [5.74, 6) is -0.345. The molecular weight excluding hydrogens is 336 g/mol. The summed E-state index contributed by atoms with van der Waals surface area (Å²) in [6.45, 7) is 5.47. The third kappa shape index (κ3) is 4.82. The van der Waals surface area contributed by atoms with Crippen molar-refractivity contribution < 1.29 is 13.2 Å². The lowest BCUT2D eigenvalue weighted by Crippen LogP contribution is -2.48. The number of hydrogen-bond donors (Lipinski definition) is 1. The van der Waals surface area contributed by atoms with Gasteiger partial charge in [0.05, 0.1) is 18.0 Å². The Kier molecular flexibility index (Phi) is 5.85. The molecule has 0 aromatic heterocycles. The Labute approximate surface area is 149 Å². The maximum Gasteiger partial charge on any atom is 0.244 e. The minimum atomic E-state index is -3.60. The molecule has 2 atom stereocenters. The van der Waals surface area contributed by atoms with E-state index < -0.39 is 16.1 Å². The molecule has 5 nitrogen and oxygen atoms in total. The van der Waals surface area contributed by atoms with E-state index in [1.165, 1.54) is 0 Å². The molecule has 0 fully saturated rings. The van der Waals surface area contributed by atoms with Gasteiger partial charge in [-0.25, -0.2) is 8.42 Å². The molecule has 0 saturated carbocycles. The fourth-order valence-corrected chi connectivity index (χ4v) is 3.83. The second kappa shape index (κ2) is 7.70. The molecule has 0 aliphatic rings. The Bertz CT molecular complexity index is 818. The van der Waals surface area contributed by atoms with Gasteiger partial charge in [-0.2, -0.15) is 0 Å². The van der Waals surface area contributed by atoms with Crippen LogP contribution < -0.4 is 9.62 Å². The molecule has 134 valence electrons. The van der Waals surface area contributed by atoms with E-state index in [0.717, 1.165) is 21.7 Å². The Morgan fingerprint density at radius 1 is 1.00 bits per heavy atom. The van der Waals surface area contributed by atoms with Crippen LogP contribution in [0.4, 0.5) is 5.69 Å². The number of carbonyl (C=O) groups is 1. The number of rotatable bonds is 6. The standard InChI is InChI=1S/C19H24N2O3S/c1-14-10-12-17(13-11-14)15(2)20-19(22)16(3)21(25(4,23)24)18-8-6-5-7-9-18/h5-13,15-16H,1-4H3,(H,20,22)/t15-,16-/m1/s1. The molecule has 2 aromatic carbocycles. The van der Waals surface area contributed by atoms with Gasteiger partial charge < -0.3 is 5.32 Å². The summed E-state index contributed by atoms with van der Waals surface area (Å²) in [6, 6.07) is 15.4. The van der Waals surface area contributed by atoms with Crippen LogP contribution in [0, 0.1) is 6.92 Å². The third-order valence-corrected chi connectivity index (χ3v) is 5.28. The van der Waals surface area contributed by atoms with E-state index in [1.807, 2.05) is 38.1 Å². The quantitative estimate of drug-likeness (QED) is 0.861. The van der Waals surface area contributed by atoms with Crippen molar-refractivity contribution >= 4 is 21.6 Å². The lowest BCUT2D eigenvalue weighted by molar-refractivity contribution is -0.122. The van der Waals surface area contributed by atoms with Crippen LogP contribution >= 0.6 is 0 Å². The van der Waals surface area contributed by atoms with Crippen molar-refractivity contribution in [1.29, 1.82) is 0 Å². The minimum Gasteiger partial charge on any atom is -0.348 e. The lowest BCUT2D eigenvalue weighted by atomic mass is 10.1. The highest BCUT2D eigenvalue weighted by Gasteiger charge is 2.29. The van der Waals surface area contributed by atoms with Gasteiger partial charge in [-0.15, -0.1) is 0 Å². The molecule has 0 aliphatic carbocycles. The molecule has 0 spiro atoms. The summed E-state index contributed by atoms with van der Waals surface area (Å²) in [6.07, 6.45) is 1.10. The van der Waals surface area contributed by atoms with Gasteiger partial charge in [0.1, 0.15) is 6.04 Å². The molecule has 25 heavy (non-hydrogen) atoms. The maximum absolute atomic E-state index is 12.6. The first-order chi connectivity index (χ1) is 11.7. The summed E-state index contributed by atoms with van der Waals surface area (Å²) in [4.78, 5) is 12.6. The molecule has 6 heteroatoms. The first-order valence-electron chi connectivity index (χ1n) is 8.11. The summed E-state index contributed by atoms with van der Waals surface area (Å²) >= 11 is 0. The van der Waals surface area contributed by atoms with Crippen molar-refractivity contribution in [1.82, 2.24) is 5.32 Å². The summed E-state index contributed by atoms with van der Waals surface area (Å²) in [7, 11) is -3.60. The second-order valence-electron chi connectivity index (χ2n) is 6.21. The van der Waals surface area contributed by atoms with Gasteiger partial charge in [-0.3, -0.25) is 9.10 Å². The number of benzene rings is 2. The molecule has 0 bridgehead atoms. The number of hydrogen-bond acceptors (Lipinski definition) is 3. The molecule has 0 aliphatic heterocycles. The van der Waals surface area contributed by atoms with Crippen LogP contribution in [0.15, 0.2) is 54.6 Å². The largest absolute Gasteiger partial charge is 0.348 e. The van der Waals surface area contributed by atoms with Crippen molar-refractivity contribution in [2.45, 2.75) is 32.9 Å². The zero-order valence-corrected chi connectivity index (χ0v) is 15.7. The van der Waals surface area contributed by atoms with Gasteiger partial charge in [0.2, 0.25) is 15.9 Å². The molecule has 2 rings (SSSR count). The zero-order valence-electron chi connectivity index (χ0n) is 14.9. The van der Waals surface area contributed by atoms with Crippen LogP contribution in [0.5, 0.6) is 0 Å². The summed E-state index contributed by atoms with van der Waals surface area (Å²) < 4.78 is 25.6. The molecule has 1 N–H and O–H groups in total. The van der Waals surface area contributed by atoms with Crippen molar-refractivity contribution in [2.75, 3.05) is 10.6 Å². The number of amides is 1. The monoisotopic (exact) mass is 360 g/mol. The van der Waals surface area contributed by atoms with Crippen LogP contribution in [0.2, 0.25) is 0 Å². The third-order valence-electron chi connectivity index (χ3n) is 4.04. The molecule has 0 heterocycles. The number of nitrogens with zero attached hydrogens (tertiary/aromatic N) is 1. The average molecular weight is 360 g/mol. The van der Waals surface area contributed by atoms with Crippen LogP contribution in [0.25, 0.3) is 0 Å². The molecule has 2 aromatic rings. The minimum absolute atomic E-state index is 0.215. The lowest BCUT2D eigenvalue weighted by Gasteiger charge is -2.29. The van der Waals surface area contributed by atoms with Gasteiger partial charge in [0, 0.05) is 0 Å². The maximum atomic E-state index is 12.6. The van der Waals surface area contributed by atoms with E-state index in [9.17, 15) is 13.2 Å². The predicted octanol–water partition coefficient (Wildman–Crippen LogP) is 3.03. The van der Waals surface area contributed by atoms with E-state index in [-0.39, 0.29) is 11.9 Å². The number of sulfonamides is 1. The van der Waals surface area contributed by atoms with Crippen molar-refractivity contribution in [3.8, 4) is 0 Å². The Balaban J connectivity index is 2.20. The number of carbonyl (C=O) groups excluding carboxylic acids is 1. The smallest absolute Gasteiger partial charge is 0.244 e. The van der Waals surface area contributed by atoms with E-state index in [1.54, 1.807) is 37.3 Å². The van der Waals surface area contributed by atoms with E-state index >= 15 is 0 Å². The van der Waals surface area contributed by atoms with Gasteiger partial charge in [-0.1, -0.05) is 48.0 Å². The summed E-state index contributed by atoms with van der Waals surface area (Å²) in [5.41, 5.74) is 2.58. The number of aryl methyl sites for hydroxylation is 1. The zero-order chi connectivity index (χ0) is 18.6. The van der Waals surface area contributed by atoms with Crippen molar-refractivity contribution in [2.24, 2.45) is 0 Å². The van der Waals surface area contributed by atoms with E-state index in [0.29, 0.717) is 5.69 Å². The normalized spacial score (nSPS) is 13.8. The van der Waals surface area contributed by atoms with Crippen molar-refractivity contribution in [3.63, 3.8) is 0 Å². The Morgan fingerprint density at radius 3 is 2.08 bits per heavy atom. The topological polar surface area (TPSA) is 66.5 Å². The fraction of sp³-hybridized carbons (Fsp3) is 0.316. The van der Waals surface area contributed by atoms with Gasteiger partial charge in [-0.05, 0) is 38.5 Å². The van der Waals surface area contributed by atoms with Crippen LogP contribution in [-0.4, -0.2) is 26.6 Å². The SMILES string of the molecule is Cc1ccc([C@@H](C)NC(=O)[C@@H](C)N(c2ccccc2)S(C)(=O)=O)cc1. The number of anilines is 1. The summed E-state index contributed by atoms with van der Waals surface area (Å²) in [5, 5.41) is 2.89. The van der Waals surface area contributed by atoms with E-state index in [4.69, 9.17) is 0 Å². The predicted molar refractivity (Wildman–Crippen MR) is 101 cm³/mol. The molecule has 0 unspecified atom stereocenters. The number of para-hydroxylation sites is 1. The van der Waals surface area contributed by atoms with Gasteiger partial charge in [0.25, 0.3) is 0 Å². The molecular formula is C19H24N2O3S. The highest BCUT2D eigenvalue weighted by Crippen LogP contribution is 2.21. The first kappa shape index (κ1) is 19.0. The van der Waals surface area contributed by atoms with Crippen LogP contribution in [-0.2, 0) is 14.8 Å². The highest BCUT2D eigenvalue weighted by atomic mass is 32.2. The molecule has 0 radical (unpaired) electrons. The second-order valence-corrected chi connectivity index (χ2v) is 8.07. The van der Waals surface area contributed by atoms with Crippen LogP contribution in [0.3, 0.4) is 0 Å². The fourth-order valence-electron chi connectivity index (χ4n) is 2.66. The average Bonchev–Trinajstić information content (AvgIpc) is 2.55. The van der Waals surface area contributed by atoms with Crippen LogP contribution in [0.1, 0.15) is 31.0 Å². The van der Waals surface area contributed by atoms with Gasteiger partial charge >= 0.3 is 0 Å². The van der Waals surface area contributed by atoms with Crippen molar-refractivity contribution in [3.05, 3.63) is 65.7 Å². The Hall–Kier alpha value is -2.34. The molecule has 1 amide bonds. The van der Waals surface area contributed by atoms with E-state index in [2.05, 4.69) is 5.32 Å². The van der Waals surface area contributed by atoms with Gasteiger partial charge in [0.15, 0.2) is 0 Å². The Morgan fingerprint density at radius 2 is 1.56 bits per heavy atom.